The smallest absolute Gasteiger partial charge is 0.229 e. The number of carbonyl (C=O) groups excluding carboxylic acids is 1. The van der Waals surface area contributed by atoms with Crippen LogP contribution in [0.25, 0.3) is 0 Å². The number of carbonyl (C=O) groups is 1. The highest BCUT2D eigenvalue weighted by molar-refractivity contribution is 5.85. The lowest BCUT2D eigenvalue weighted by atomic mass is 9.86. The van der Waals surface area contributed by atoms with E-state index in [-0.39, 0.29) is 17.9 Å². The molecule has 4 nitrogen and oxygen atoms in total. The number of hydrogen-bond donors (Lipinski definition) is 2. The van der Waals surface area contributed by atoms with Crippen molar-refractivity contribution in [2.45, 2.75) is 44.4 Å². The van der Waals surface area contributed by atoms with E-state index in [0.717, 1.165) is 32.5 Å². The van der Waals surface area contributed by atoms with Gasteiger partial charge in [0.2, 0.25) is 5.91 Å². The molecular formula is C16H22N2O2. The van der Waals surface area contributed by atoms with Crippen LogP contribution in [0.15, 0.2) is 24.3 Å². The molecule has 1 atom stereocenters. The molecule has 1 amide bonds. The molecule has 1 aliphatic heterocycles. The van der Waals surface area contributed by atoms with Gasteiger partial charge in [-0.25, -0.2) is 0 Å². The summed E-state index contributed by atoms with van der Waals surface area (Å²) in [6.45, 7) is 4.35. The Labute approximate surface area is 119 Å². The first-order chi connectivity index (χ1) is 9.78. The van der Waals surface area contributed by atoms with Gasteiger partial charge in [-0.15, -0.1) is 0 Å². The van der Waals surface area contributed by atoms with Gasteiger partial charge in [-0.3, -0.25) is 4.79 Å². The lowest BCUT2D eigenvalue weighted by molar-refractivity contribution is -0.125. The van der Waals surface area contributed by atoms with Crippen LogP contribution in [0.4, 0.5) is 0 Å². The summed E-state index contributed by atoms with van der Waals surface area (Å²) >= 11 is 0. The largest absolute Gasteiger partial charge is 0.378 e. The third-order valence-corrected chi connectivity index (χ3v) is 4.25. The zero-order valence-electron chi connectivity index (χ0n) is 11.9. The van der Waals surface area contributed by atoms with Crippen molar-refractivity contribution in [1.82, 2.24) is 10.6 Å². The topological polar surface area (TPSA) is 50.4 Å². The van der Waals surface area contributed by atoms with Crippen molar-refractivity contribution in [1.29, 1.82) is 0 Å². The number of amides is 1. The first kappa shape index (κ1) is 13.6. The fraction of sp³-hybridized carbons (Fsp3) is 0.562. The molecule has 3 rings (SSSR count). The van der Waals surface area contributed by atoms with Gasteiger partial charge in [-0.05, 0) is 30.9 Å². The summed E-state index contributed by atoms with van der Waals surface area (Å²) in [4.78, 5) is 12.4. The second-order valence-electron chi connectivity index (χ2n) is 5.64. The van der Waals surface area contributed by atoms with E-state index in [1.807, 2.05) is 19.1 Å². The molecule has 0 radical (unpaired) electrons. The maximum Gasteiger partial charge on any atom is 0.229 e. The number of ether oxygens (including phenoxy) is 1. The highest BCUT2D eigenvalue weighted by atomic mass is 16.5. The van der Waals surface area contributed by atoms with E-state index in [1.165, 1.54) is 11.1 Å². The van der Waals surface area contributed by atoms with Gasteiger partial charge in [0.25, 0.3) is 0 Å². The number of nitrogens with one attached hydrogen (secondary N) is 2. The molecule has 1 aromatic carbocycles. The maximum atomic E-state index is 12.4. The van der Waals surface area contributed by atoms with Crippen LogP contribution < -0.4 is 10.6 Å². The van der Waals surface area contributed by atoms with Crippen LogP contribution in [0.3, 0.4) is 0 Å². The van der Waals surface area contributed by atoms with Gasteiger partial charge in [0.1, 0.15) is 0 Å². The van der Waals surface area contributed by atoms with E-state index in [9.17, 15) is 4.79 Å². The molecule has 0 aromatic heterocycles. The maximum absolute atomic E-state index is 12.4. The average Bonchev–Trinajstić information content (AvgIpc) is 2.44. The summed E-state index contributed by atoms with van der Waals surface area (Å²) in [7, 11) is 0. The fourth-order valence-electron chi connectivity index (χ4n) is 3.09. The third-order valence-electron chi connectivity index (χ3n) is 4.25. The van der Waals surface area contributed by atoms with Crippen molar-refractivity contribution in [2.24, 2.45) is 0 Å². The molecule has 2 N–H and O–H groups in total. The normalized spacial score (nSPS) is 28.4. The van der Waals surface area contributed by atoms with Gasteiger partial charge in [0, 0.05) is 25.7 Å². The Bertz CT molecular complexity index is 483. The minimum atomic E-state index is -0.0638. The number of benzene rings is 1. The minimum absolute atomic E-state index is 0.0638. The molecule has 0 bridgehead atoms. The molecular weight excluding hydrogens is 252 g/mol. The van der Waals surface area contributed by atoms with Crippen molar-refractivity contribution >= 4 is 5.91 Å². The summed E-state index contributed by atoms with van der Waals surface area (Å²) in [6, 6.07) is 8.49. The summed E-state index contributed by atoms with van der Waals surface area (Å²) in [5, 5.41) is 6.48. The van der Waals surface area contributed by atoms with Crippen LogP contribution in [0.2, 0.25) is 0 Å². The highest BCUT2D eigenvalue weighted by Crippen LogP contribution is 2.27. The van der Waals surface area contributed by atoms with Crippen molar-refractivity contribution in [3.05, 3.63) is 35.4 Å². The van der Waals surface area contributed by atoms with Gasteiger partial charge < -0.3 is 15.4 Å². The lowest BCUT2D eigenvalue weighted by Crippen LogP contribution is -2.50. The number of fused-ring (bicyclic) bond motifs is 1. The van der Waals surface area contributed by atoms with Crippen molar-refractivity contribution < 1.29 is 9.53 Å². The minimum Gasteiger partial charge on any atom is -0.378 e. The molecule has 108 valence electrons. The van der Waals surface area contributed by atoms with Crippen LogP contribution in [-0.4, -0.2) is 31.2 Å². The van der Waals surface area contributed by atoms with E-state index in [1.54, 1.807) is 0 Å². The van der Waals surface area contributed by atoms with Gasteiger partial charge in [-0.2, -0.15) is 0 Å². The first-order valence-electron chi connectivity index (χ1n) is 7.48. The molecule has 20 heavy (non-hydrogen) atoms. The molecule has 0 saturated heterocycles. The second kappa shape index (κ2) is 5.94. The predicted molar refractivity (Wildman–Crippen MR) is 77.5 cm³/mol. The zero-order chi connectivity index (χ0) is 13.9. The SMILES string of the molecule is CCOC1CC(NC(=O)C2CNCc3ccccc32)C1. The van der Waals surface area contributed by atoms with E-state index in [2.05, 4.69) is 22.8 Å². The van der Waals surface area contributed by atoms with Crippen LogP contribution in [-0.2, 0) is 16.1 Å². The molecule has 4 heteroatoms. The van der Waals surface area contributed by atoms with Crippen LogP contribution >= 0.6 is 0 Å². The Balaban J connectivity index is 1.59. The van der Waals surface area contributed by atoms with Crippen molar-refractivity contribution in [3.63, 3.8) is 0 Å². The molecule has 2 aliphatic rings. The molecule has 1 saturated carbocycles. The molecule has 1 heterocycles. The Kier molecular flexibility index (Phi) is 4.03. The lowest BCUT2D eigenvalue weighted by Gasteiger charge is -2.36. The average molecular weight is 274 g/mol. The number of rotatable bonds is 4. The van der Waals surface area contributed by atoms with E-state index < -0.39 is 0 Å². The first-order valence-corrected chi connectivity index (χ1v) is 7.48. The molecule has 1 aromatic rings. The van der Waals surface area contributed by atoms with E-state index >= 15 is 0 Å². The second-order valence-corrected chi connectivity index (χ2v) is 5.64. The van der Waals surface area contributed by atoms with Crippen LogP contribution in [0.1, 0.15) is 36.8 Å². The molecule has 0 spiro atoms. The predicted octanol–water partition coefficient (Wildman–Crippen LogP) is 1.56. The van der Waals surface area contributed by atoms with Crippen LogP contribution in [0.5, 0.6) is 0 Å². The molecule has 1 unspecified atom stereocenters. The van der Waals surface area contributed by atoms with Gasteiger partial charge in [0.15, 0.2) is 0 Å². The van der Waals surface area contributed by atoms with Gasteiger partial charge in [-0.1, -0.05) is 24.3 Å². The number of hydrogen-bond acceptors (Lipinski definition) is 3. The van der Waals surface area contributed by atoms with Gasteiger partial charge >= 0.3 is 0 Å². The fourth-order valence-corrected chi connectivity index (χ4v) is 3.09. The van der Waals surface area contributed by atoms with Crippen molar-refractivity contribution in [2.75, 3.05) is 13.2 Å². The zero-order valence-corrected chi connectivity index (χ0v) is 11.9. The third kappa shape index (κ3) is 2.72. The summed E-state index contributed by atoms with van der Waals surface area (Å²) in [5.41, 5.74) is 2.41. The van der Waals surface area contributed by atoms with Gasteiger partial charge in [0.05, 0.1) is 12.0 Å². The Morgan fingerprint density at radius 2 is 2.20 bits per heavy atom. The summed E-state index contributed by atoms with van der Waals surface area (Å²) in [6.07, 6.45) is 2.23. The molecule has 1 aliphatic carbocycles. The summed E-state index contributed by atoms with van der Waals surface area (Å²) < 4.78 is 5.53. The van der Waals surface area contributed by atoms with E-state index in [4.69, 9.17) is 4.74 Å². The highest BCUT2D eigenvalue weighted by Gasteiger charge is 2.33. The van der Waals surface area contributed by atoms with E-state index in [0.29, 0.717) is 6.10 Å². The molecule has 1 fully saturated rings. The quantitative estimate of drug-likeness (QED) is 0.876. The summed E-state index contributed by atoms with van der Waals surface area (Å²) in [5.74, 6) is 0.0793. The standard InChI is InChI=1S/C16H22N2O2/c1-2-20-13-7-12(8-13)18-16(19)15-10-17-9-11-5-3-4-6-14(11)15/h3-6,12-13,15,17H,2,7-10H2,1H3,(H,18,19). The Morgan fingerprint density at radius 3 is 3.00 bits per heavy atom. The monoisotopic (exact) mass is 274 g/mol. The Morgan fingerprint density at radius 1 is 1.40 bits per heavy atom. The van der Waals surface area contributed by atoms with Crippen LogP contribution in [0, 0.1) is 0 Å². The van der Waals surface area contributed by atoms with Crippen molar-refractivity contribution in [3.8, 4) is 0 Å². The Hall–Kier alpha value is -1.39.